The quantitative estimate of drug-likeness (QED) is 0.621. The highest BCUT2D eigenvalue weighted by Gasteiger charge is 2.11. The lowest BCUT2D eigenvalue weighted by molar-refractivity contribution is 0.102. The number of halogens is 3. The fraction of sp³-hybridized carbons (Fsp3) is 0.0769. The summed E-state index contributed by atoms with van der Waals surface area (Å²) in [4.78, 5) is 16.0. The van der Waals surface area contributed by atoms with Gasteiger partial charge < -0.3 is 5.32 Å². The van der Waals surface area contributed by atoms with E-state index in [-0.39, 0.29) is 11.7 Å². The van der Waals surface area contributed by atoms with Crippen molar-refractivity contribution in [2.75, 3.05) is 5.32 Å². The number of nitrogens with zero attached hydrogens (tertiary/aromatic N) is 1. The zero-order valence-electron chi connectivity index (χ0n) is 9.88. The number of pyridine rings is 1. The van der Waals surface area contributed by atoms with E-state index in [0.717, 1.165) is 5.56 Å². The summed E-state index contributed by atoms with van der Waals surface area (Å²) in [6.07, 6.45) is 1.48. The molecule has 6 heteroatoms. The van der Waals surface area contributed by atoms with Gasteiger partial charge in [-0.25, -0.2) is 9.37 Å². The first kappa shape index (κ1) is 14.2. The monoisotopic (exact) mass is 390 g/mol. The highest BCUT2D eigenvalue weighted by atomic mass is 127. The van der Waals surface area contributed by atoms with Crippen molar-refractivity contribution >= 4 is 45.8 Å². The van der Waals surface area contributed by atoms with Crippen LogP contribution in [0.4, 0.5) is 10.1 Å². The van der Waals surface area contributed by atoms with E-state index >= 15 is 0 Å². The van der Waals surface area contributed by atoms with E-state index < -0.39 is 0 Å². The van der Waals surface area contributed by atoms with Crippen LogP contribution in [0.15, 0.2) is 30.5 Å². The Morgan fingerprint density at radius 1 is 1.42 bits per heavy atom. The van der Waals surface area contributed by atoms with Gasteiger partial charge in [-0.1, -0.05) is 11.6 Å². The van der Waals surface area contributed by atoms with Crippen molar-refractivity contribution in [2.24, 2.45) is 0 Å². The third-order valence-electron chi connectivity index (χ3n) is 2.45. The van der Waals surface area contributed by atoms with E-state index in [9.17, 15) is 9.18 Å². The standard InChI is InChI=1S/C13H9ClFIN2O/c1-7-4-9(6-17-12(7)14)18-13(19)10-3-2-8(15)5-11(10)16/h2-6H,1H3,(H,18,19). The number of benzene rings is 1. The number of amides is 1. The summed E-state index contributed by atoms with van der Waals surface area (Å²) in [7, 11) is 0. The summed E-state index contributed by atoms with van der Waals surface area (Å²) < 4.78 is 13.5. The second-order valence-corrected chi connectivity index (χ2v) is 5.43. The zero-order valence-corrected chi connectivity index (χ0v) is 12.8. The molecule has 0 radical (unpaired) electrons. The Bertz CT molecular complexity index is 649. The van der Waals surface area contributed by atoms with Crippen LogP contribution in [-0.4, -0.2) is 10.9 Å². The molecule has 0 saturated heterocycles. The maximum absolute atomic E-state index is 13.0. The lowest BCUT2D eigenvalue weighted by atomic mass is 10.2. The van der Waals surface area contributed by atoms with Crippen molar-refractivity contribution in [3.05, 3.63) is 56.1 Å². The largest absolute Gasteiger partial charge is 0.321 e. The summed E-state index contributed by atoms with van der Waals surface area (Å²) in [6, 6.07) is 5.73. The first-order valence-corrected chi connectivity index (χ1v) is 6.81. The molecular weight excluding hydrogens is 382 g/mol. The second kappa shape index (κ2) is 5.83. The third kappa shape index (κ3) is 3.42. The van der Waals surface area contributed by atoms with Crippen LogP contribution in [0.5, 0.6) is 0 Å². The molecule has 0 aliphatic carbocycles. The summed E-state index contributed by atoms with van der Waals surface area (Å²) in [6.45, 7) is 1.80. The van der Waals surface area contributed by atoms with Gasteiger partial charge in [-0.15, -0.1) is 0 Å². The Balaban J connectivity index is 2.23. The maximum atomic E-state index is 13.0. The summed E-state index contributed by atoms with van der Waals surface area (Å²) in [5.74, 6) is -0.683. The smallest absolute Gasteiger partial charge is 0.256 e. The van der Waals surface area contributed by atoms with E-state index in [1.165, 1.54) is 24.4 Å². The van der Waals surface area contributed by atoms with Crippen LogP contribution in [0.2, 0.25) is 5.15 Å². The van der Waals surface area contributed by atoms with Crippen LogP contribution in [0.25, 0.3) is 0 Å². The van der Waals surface area contributed by atoms with E-state index in [4.69, 9.17) is 11.6 Å². The minimum Gasteiger partial charge on any atom is -0.321 e. The van der Waals surface area contributed by atoms with Gasteiger partial charge >= 0.3 is 0 Å². The zero-order chi connectivity index (χ0) is 14.0. The number of rotatable bonds is 2. The molecule has 1 heterocycles. The molecule has 0 aliphatic heterocycles. The number of hydrogen-bond donors (Lipinski definition) is 1. The first-order chi connectivity index (χ1) is 8.97. The molecule has 0 bridgehead atoms. The predicted octanol–water partition coefficient (Wildman–Crippen LogP) is 4.04. The Kier molecular flexibility index (Phi) is 4.36. The van der Waals surface area contributed by atoms with E-state index in [1.807, 2.05) is 22.6 Å². The normalized spacial score (nSPS) is 10.3. The molecule has 2 rings (SSSR count). The Morgan fingerprint density at radius 3 is 2.79 bits per heavy atom. The van der Waals surface area contributed by atoms with Gasteiger partial charge in [-0.3, -0.25) is 4.79 Å². The maximum Gasteiger partial charge on any atom is 0.256 e. The molecule has 2 aromatic rings. The number of hydrogen-bond acceptors (Lipinski definition) is 2. The molecule has 0 aliphatic rings. The lowest BCUT2D eigenvalue weighted by Crippen LogP contribution is -2.14. The van der Waals surface area contributed by atoms with Gasteiger partial charge in [0.25, 0.3) is 5.91 Å². The number of carbonyl (C=O) groups is 1. The van der Waals surface area contributed by atoms with Crippen LogP contribution < -0.4 is 5.32 Å². The Labute approximate surface area is 128 Å². The highest BCUT2D eigenvalue weighted by molar-refractivity contribution is 14.1. The van der Waals surface area contributed by atoms with Gasteiger partial charge in [0.15, 0.2) is 0 Å². The fourth-order valence-electron chi connectivity index (χ4n) is 1.50. The molecule has 1 N–H and O–H groups in total. The first-order valence-electron chi connectivity index (χ1n) is 5.36. The van der Waals surface area contributed by atoms with Crippen LogP contribution >= 0.6 is 34.2 Å². The number of aryl methyl sites for hydroxylation is 1. The van der Waals surface area contributed by atoms with E-state index in [0.29, 0.717) is 20.0 Å². The van der Waals surface area contributed by atoms with Gasteiger partial charge in [0.05, 0.1) is 17.4 Å². The molecule has 0 saturated carbocycles. The molecular formula is C13H9ClFIN2O. The molecule has 1 aromatic carbocycles. The van der Waals surface area contributed by atoms with Crippen molar-refractivity contribution < 1.29 is 9.18 Å². The van der Waals surface area contributed by atoms with Crippen LogP contribution in [0, 0.1) is 16.3 Å². The number of nitrogens with one attached hydrogen (secondary N) is 1. The van der Waals surface area contributed by atoms with Crippen LogP contribution in [0.1, 0.15) is 15.9 Å². The average Bonchev–Trinajstić information content (AvgIpc) is 2.33. The molecule has 3 nitrogen and oxygen atoms in total. The van der Waals surface area contributed by atoms with Crippen molar-refractivity contribution in [2.45, 2.75) is 6.92 Å². The number of anilines is 1. The second-order valence-electron chi connectivity index (χ2n) is 3.91. The predicted molar refractivity (Wildman–Crippen MR) is 81.1 cm³/mol. The lowest BCUT2D eigenvalue weighted by Gasteiger charge is -2.08. The van der Waals surface area contributed by atoms with Gasteiger partial charge in [0.1, 0.15) is 11.0 Å². The molecule has 1 aromatic heterocycles. The third-order valence-corrected chi connectivity index (χ3v) is 3.74. The van der Waals surface area contributed by atoms with Gasteiger partial charge in [-0.2, -0.15) is 0 Å². The van der Waals surface area contributed by atoms with Gasteiger partial charge in [0.2, 0.25) is 0 Å². The molecule has 19 heavy (non-hydrogen) atoms. The van der Waals surface area contributed by atoms with Crippen molar-refractivity contribution in [1.29, 1.82) is 0 Å². The summed E-state index contributed by atoms with van der Waals surface area (Å²) in [5.41, 5.74) is 1.73. The molecule has 98 valence electrons. The minimum atomic E-state index is -0.370. The fourth-order valence-corrected chi connectivity index (χ4v) is 2.32. The average molecular weight is 391 g/mol. The van der Waals surface area contributed by atoms with Crippen molar-refractivity contribution in [3.8, 4) is 0 Å². The Morgan fingerprint density at radius 2 is 2.16 bits per heavy atom. The molecule has 1 amide bonds. The number of carbonyl (C=O) groups excluding carboxylic acids is 1. The van der Waals surface area contributed by atoms with E-state index in [1.54, 1.807) is 13.0 Å². The van der Waals surface area contributed by atoms with Crippen LogP contribution in [-0.2, 0) is 0 Å². The van der Waals surface area contributed by atoms with Crippen LogP contribution in [0.3, 0.4) is 0 Å². The molecule has 0 unspecified atom stereocenters. The highest BCUT2D eigenvalue weighted by Crippen LogP contribution is 2.19. The molecule has 0 fully saturated rings. The topological polar surface area (TPSA) is 42.0 Å². The summed E-state index contributed by atoms with van der Waals surface area (Å²) >= 11 is 7.73. The van der Waals surface area contributed by atoms with Gasteiger partial charge in [0, 0.05) is 3.57 Å². The SMILES string of the molecule is Cc1cc(NC(=O)c2ccc(F)cc2I)cnc1Cl. The molecule has 0 atom stereocenters. The van der Waals surface area contributed by atoms with Crippen molar-refractivity contribution in [3.63, 3.8) is 0 Å². The molecule has 0 spiro atoms. The Hall–Kier alpha value is -1.21. The summed E-state index contributed by atoms with van der Waals surface area (Å²) in [5, 5.41) is 3.10. The van der Waals surface area contributed by atoms with Gasteiger partial charge in [-0.05, 0) is 59.3 Å². The van der Waals surface area contributed by atoms with E-state index in [2.05, 4.69) is 10.3 Å². The minimum absolute atomic E-state index is 0.312. The van der Waals surface area contributed by atoms with Crippen molar-refractivity contribution in [1.82, 2.24) is 4.98 Å². The number of aromatic nitrogens is 1.